The summed E-state index contributed by atoms with van der Waals surface area (Å²) in [6.45, 7) is 0. The van der Waals surface area contributed by atoms with Gasteiger partial charge in [-0.1, -0.05) is 68.4 Å². The molecule has 0 saturated carbocycles. The topological polar surface area (TPSA) is 96.3 Å². The number of thiocarbonyl (C=S) groups is 1. The molecule has 0 fully saturated rings. The zero-order valence-corrected chi connectivity index (χ0v) is 19.5. The molecule has 0 aliphatic carbocycles. The lowest BCUT2D eigenvalue weighted by atomic mass is 10.2. The molecule has 0 saturated heterocycles. The van der Waals surface area contributed by atoms with Crippen molar-refractivity contribution in [2.75, 3.05) is 5.32 Å². The van der Waals surface area contributed by atoms with E-state index in [2.05, 4.69) is 31.9 Å². The van der Waals surface area contributed by atoms with Crippen LogP contribution in [0.3, 0.4) is 0 Å². The first-order valence-electron chi connectivity index (χ1n) is 7.62. The summed E-state index contributed by atoms with van der Waals surface area (Å²) in [5.74, 6) is -0.508. The molecular formula is C16H11BrCl4N4O3S. The molecule has 0 bridgehead atoms. The number of rotatable bonds is 5. The Hall–Kier alpha value is -1.36. The van der Waals surface area contributed by atoms with E-state index >= 15 is 0 Å². The molecule has 0 aliphatic heterocycles. The average Bonchev–Trinajstić information content (AvgIpc) is 2.61. The first-order valence-corrected chi connectivity index (χ1v) is 10.3. The molecule has 0 spiro atoms. The summed E-state index contributed by atoms with van der Waals surface area (Å²) < 4.78 is -1.25. The zero-order chi connectivity index (χ0) is 21.8. The second kappa shape index (κ2) is 10.1. The number of nitro benzene ring substituents is 1. The molecule has 1 unspecified atom stereocenters. The maximum absolute atomic E-state index is 12.5. The second-order valence-corrected chi connectivity index (χ2v) is 9.58. The molecule has 2 aromatic carbocycles. The SMILES string of the molecule is O=C(NC(NC(=S)Nc1ccc([N+](=O)[O-])cc1Cl)C(Cl)(Cl)Cl)c1cccc(Br)c1. The maximum atomic E-state index is 12.5. The standard InChI is InChI=1S/C16H11BrCl4N4O3S/c17-9-3-1-2-8(6-9)13(26)23-14(16(19,20)21)24-15(29)22-12-5-4-10(25(27)28)7-11(12)18/h1-7,14H,(H,23,26)(H2,22,24,29). The van der Waals surface area contributed by atoms with Crippen LogP contribution in [-0.4, -0.2) is 25.9 Å². The Balaban J connectivity index is 2.11. The Morgan fingerprint density at radius 2 is 1.86 bits per heavy atom. The minimum absolute atomic E-state index is 0.0355. The van der Waals surface area contributed by atoms with Gasteiger partial charge in [0.1, 0.15) is 6.17 Å². The molecule has 1 atom stereocenters. The van der Waals surface area contributed by atoms with Crippen molar-refractivity contribution in [3.8, 4) is 0 Å². The largest absolute Gasteiger partial charge is 0.339 e. The third kappa shape index (κ3) is 7.13. The predicted octanol–water partition coefficient (Wildman–Crippen LogP) is 5.42. The van der Waals surface area contributed by atoms with E-state index in [1.807, 2.05) is 0 Å². The highest BCUT2D eigenvalue weighted by Crippen LogP contribution is 2.30. The molecule has 0 aliphatic rings. The summed E-state index contributed by atoms with van der Waals surface area (Å²) in [7, 11) is 0. The third-order valence-electron chi connectivity index (χ3n) is 3.38. The van der Waals surface area contributed by atoms with E-state index in [-0.39, 0.29) is 21.5 Å². The van der Waals surface area contributed by atoms with Gasteiger partial charge in [0.2, 0.25) is 3.79 Å². The van der Waals surface area contributed by atoms with Crippen molar-refractivity contribution < 1.29 is 9.72 Å². The Kier molecular flexibility index (Phi) is 8.33. The maximum Gasteiger partial charge on any atom is 0.271 e. The van der Waals surface area contributed by atoms with Crippen molar-refractivity contribution in [2.24, 2.45) is 0 Å². The van der Waals surface area contributed by atoms with Gasteiger partial charge in [-0.3, -0.25) is 14.9 Å². The van der Waals surface area contributed by atoms with Gasteiger partial charge in [0.15, 0.2) is 5.11 Å². The third-order valence-corrected chi connectivity index (χ3v) is 5.06. The number of hydrogen-bond donors (Lipinski definition) is 3. The van der Waals surface area contributed by atoms with Crippen LogP contribution in [0, 0.1) is 10.1 Å². The second-order valence-electron chi connectivity index (χ2n) is 5.48. The molecular weight excluding hydrogens is 550 g/mol. The fourth-order valence-electron chi connectivity index (χ4n) is 2.05. The van der Waals surface area contributed by atoms with Crippen molar-refractivity contribution in [3.63, 3.8) is 0 Å². The fourth-order valence-corrected chi connectivity index (χ4v) is 3.23. The molecule has 7 nitrogen and oxygen atoms in total. The molecule has 1 amide bonds. The molecule has 0 radical (unpaired) electrons. The van der Waals surface area contributed by atoms with Gasteiger partial charge in [-0.2, -0.15) is 0 Å². The number of benzene rings is 2. The average molecular weight is 561 g/mol. The van der Waals surface area contributed by atoms with E-state index < -0.39 is 20.8 Å². The van der Waals surface area contributed by atoms with E-state index in [9.17, 15) is 14.9 Å². The molecule has 0 aromatic heterocycles. The monoisotopic (exact) mass is 558 g/mol. The summed E-state index contributed by atoms with van der Waals surface area (Å²) in [5.41, 5.74) is 0.439. The van der Waals surface area contributed by atoms with Crippen LogP contribution in [0.25, 0.3) is 0 Å². The van der Waals surface area contributed by atoms with E-state index in [4.69, 9.17) is 58.6 Å². The summed E-state index contributed by atoms with van der Waals surface area (Å²) in [5, 5.41) is 18.8. The summed E-state index contributed by atoms with van der Waals surface area (Å²) in [6, 6.07) is 10.4. The predicted molar refractivity (Wildman–Crippen MR) is 123 cm³/mol. The van der Waals surface area contributed by atoms with Gasteiger partial charge in [0.25, 0.3) is 11.6 Å². The number of carbonyl (C=O) groups excluding carboxylic acids is 1. The van der Waals surface area contributed by atoms with Crippen molar-refractivity contribution in [3.05, 3.63) is 67.6 Å². The van der Waals surface area contributed by atoms with Gasteiger partial charge < -0.3 is 16.0 Å². The lowest BCUT2D eigenvalue weighted by Gasteiger charge is -2.28. The van der Waals surface area contributed by atoms with Gasteiger partial charge in [0.05, 0.1) is 15.6 Å². The van der Waals surface area contributed by atoms with Crippen molar-refractivity contribution in [1.82, 2.24) is 10.6 Å². The molecule has 154 valence electrons. The van der Waals surface area contributed by atoms with Gasteiger partial charge >= 0.3 is 0 Å². The lowest BCUT2D eigenvalue weighted by molar-refractivity contribution is -0.384. The van der Waals surface area contributed by atoms with Gasteiger partial charge in [-0.05, 0) is 36.5 Å². The molecule has 0 heterocycles. The number of nitrogens with zero attached hydrogens (tertiary/aromatic N) is 1. The number of amides is 1. The minimum Gasteiger partial charge on any atom is -0.339 e. The summed E-state index contributed by atoms with van der Waals surface area (Å²) in [4.78, 5) is 22.7. The van der Waals surface area contributed by atoms with Crippen molar-refractivity contribution in [1.29, 1.82) is 0 Å². The number of nitro groups is 1. The smallest absolute Gasteiger partial charge is 0.271 e. The van der Waals surface area contributed by atoms with Gasteiger partial charge in [-0.15, -0.1) is 0 Å². The Morgan fingerprint density at radius 1 is 1.17 bits per heavy atom. The molecule has 2 rings (SSSR count). The highest BCUT2D eigenvalue weighted by atomic mass is 79.9. The Morgan fingerprint density at radius 3 is 2.41 bits per heavy atom. The van der Waals surface area contributed by atoms with Crippen LogP contribution < -0.4 is 16.0 Å². The molecule has 2 aromatic rings. The number of alkyl halides is 3. The number of non-ortho nitro benzene ring substituents is 1. The number of carbonyl (C=O) groups is 1. The molecule has 29 heavy (non-hydrogen) atoms. The first kappa shape index (κ1) is 23.9. The van der Waals surface area contributed by atoms with Crippen molar-refractivity contribution >= 4 is 96.9 Å². The highest BCUT2D eigenvalue weighted by molar-refractivity contribution is 9.10. The van der Waals surface area contributed by atoms with Gasteiger partial charge in [0, 0.05) is 22.2 Å². The van der Waals surface area contributed by atoms with Crippen molar-refractivity contribution in [2.45, 2.75) is 9.96 Å². The van der Waals surface area contributed by atoms with E-state index in [1.54, 1.807) is 24.3 Å². The first-order chi connectivity index (χ1) is 13.5. The minimum atomic E-state index is -1.95. The van der Waals surface area contributed by atoms with E-state index in [0.29, 0.717) is 10.0 Å². The lowest BCUT2D eigenvalue weighted by Crippen LogP contribution is -2.56. The number of hydrogen-bond acceptors (Lipinski definition) is 4. The van der Waals surface area contributed by atoms with Crippen LogP contribution in [0.4, 0.5) is 11.4 Å². The molecule has 13 heteroatoms. The zero-order valence-electron chi connectivity index (χ0n) is 14.1. The fraction of sp³-hybridized carbons (Fsp3) is 0.125. The van der Waals surface area contributed by atoms with Crippen LogP contribution in [0.5, 0.6) is 0 Å². The van der Waals surface area contributed by atoms with E-state index in [0.717, 1.165) is 6.07 Å². The highest BCUT2D eigenvalue weighted by Gasteiger charge is 2.35. The van der Waals surface area contributed by atoms with Crippen LogP contribution in [-0.2, 0) is 0 Å². The Labute approximate surface area is 199 Å². The van der Waals surface area contributed by atoms with Crippen LogP contribution in [0.1, 0.15) is 10.4 Å². The van der Waals surface area contributed by atoms with Crippen LogP contribution in [0.15, 0.2) is 46.9 Å². The number of nitrogens with one attached hydrogen (secondary N) is 3. The summed E-state index contributed by atoms with van der Waals surface area (Å²) in [6.07, 6.45) is -1.20. The number of halogens is 5. The molecule has 3 N–H and O–H groups in total. The van der Waals surface area contributed by atoms with Gasteiger partial charge in [-0.25, -0.2) is 0 Å². The van der Waals surface area contributed by atoms with Crippen LogP contribution in [0.2, 0.25) is 5.02 Å². The quantitative estimate of drug-likeness (QED) is 0.148. The van der Waals surface area contributed by atoms with Crippen LogP contribution >= 0.6 is 74.6 Å². The van der Waals surface area contributed by atoms with E-state index in [1.165, 1.54) is 12.1 Å². The summed E-state index contributed by atoms with van der Waals surface area (Å²) >= 11 is 32.3. The Bertz CT molecular complexity index is 958. The number of anilines is 1. The normalized spacial score (nSPS) is 12.0.